The minimum Gasteiger partial charge on any atom is -0.498 e. The van der Waals surface area contributed by atoms with Crippen molar-refractivity contribution >= 4 is 22.7 Å². The van der Waals surface area contributed by atoms with E-state index in [2.05, 4.69) is 4.98 Å². The van der Waals surface area contributed by atoms with Crippen LogP contribution in [0.3, 0.4) is 0 Å². The van der Waals surface area contributed by atoms with Crippen molar-refractivity contribution in [1.29, 1.82) is 0 Å². The highest BCUT2D eigenvalue weighted by Gasteiger charge is 2.43. The average molecular weight is 498 g/mol. The van der Waals surface area contributed by atoms with Crippen LogP contribution < -0.4 is 27.6 Å². The van der Waals surface area contributed by atoms with E-state index in [1.807, 2.05) is 0 Å². The Hall–Kier alpha value is -2.37. The second kappa shape index (κ2) is 8.69. The zero-order valence-corrected chi connectivity index (χ0v) is 19.3. The van der Waals surface area contributed by atoms with Gasteiger partial charge in [0.15, 0.2) is 0 Å². The molecule has 4 unspecified atom stereocenters. The Morgan fingerprint density at radius 2 is 2.06 bits per heavy atom. The fourth-order valence-corrected chi connectivity index (χ4v) is 6.80. The maximum absolute atomic E-state index is 16.0. The van der Waals surface area contributed by atoms with Crippen molar-refractivity contribution in [3.8, 4) is 0 Å². The Labute approximate surface area is 196 Å². The molecule has 0 saturated heterocycles. The number of thiophene rings is 1. The highest BCUT2D eigenvalue weighted by atomic mass is 32.1. The standard InChI is InChI=1S/C23H26F3N3O4S/c1-33-20-15(14-7-11-10(12(27)8-30)3-2-4-13(11)34-14)18(24)16(21(25)26)17-19(20)29(9-5-6-9)23(32)28-22(17)31/h7,9-10,12,15,18,21,30H,2-6,8,27H2,1H3,(H,28,31,32). The lowest BCUT2D eigenvalue weighted by Gasteiger charge is -2.28. The van der Waals surface area contributed by atoms with Crippen LogP contribution in [0.1, 0.15) is 58.9 Å². The van der Waals surface area contributed by atoms with E-state index >= 15 is 4.39 Å². The molecule has 3 aliphatic carbocycles. The molecule has 1 saturated carbocycles. The van der Waals surface area contributed by atoms with Crippen LogP contribution in [0, 0.1) is 0 Å². The number of fused-ring (bicyclic) bond motifs is 2. The van der Waals surface area contributed by atoms with Gasteiger partial charge in [0, 0.05) is 33.3 Å². The smallest absolute Gasteiger partial charge is 0.329 e. The van der Waals surface area contributed by atoms with Crippen molar-refractivity contribution in [1.82, 2.24) is 9.55 Å². The topological polar surface area (TPSA) is 110 Å². The first-order valence-corrected chi connectivity index (χ1v) is 12.2. The quantitative estimate of drug-likeness (QED) is 0.551. The number of rotatable bonds is 6. The number of hydrogen-bond acceptors (Lipinski definition) is 6. The monoisotopic (exact) mass is 497 g/mol. The van der Waals surface area contributed by atoms with Crippen LogP contribution in [0.2, 0.25) is 0 Å². The minimum atomic E-state index is -3.23. The molecule has 0 radical (unpaired) electrons. The number of halogens is 3. The summed E-state index contributed by atoms with van der Waals surface area (Å²) in [7, 11) is 1.30. The summed E-state index contributed by atoms with van der Waals surface area (Å²) in [5, 5.41) is 9.02. The van der Waals surface area contributed by atoms with Gasteiger partial charge < -0.3 is 15.6 Å². The van der Waals surface area contributed by atoms with Gasteiger partial charge in [0.2, 0.25) is 0 Å². The number of nitrogens with one attached hydrogen (secondary N) is 1. The maximum atomic E-state index is 16.0. The Bertz CT molecular complexity index is 1360. The van der Waals surface area contributed by atoms with Crippen molar-refractivity contribution < 1.29 is 23.0 Å². The Morgan fingerprint density at radius 3 is 2.68 bits per heavy atom. The molecule has 2 heterocycles. The summed E-state index contributed by atoms with van der Waals surface area (Å²) in [6, 6.07) is 1.03. The van der Waals surface area contributed by atoms with Crippen LogP contribution in [-0.4, -0.2) is 47.0 Å². The number of methoxy groups -OCH3 is 1. The molecule has 0 spiro atoms. The molecule has 11 heteroatoms. The number of aliphatic hydroxyl groups is 1. The van der Waals surface area contributed by atoms with E-state index in [-0.39, 0.29) is 29.7 Å². The Morgan fingerprint density at radius 1 is 1.32 bits per heavy atom. The summed E-state index contributed by atoms with van der Waals surface area (Å²) in [5.74, 6) is -1.34. The number of aromatic nitrogens is 2. The van der Waals surface area contributed by atoms with Crippen molar-refractivity contribution in [2.24, 2.45) is 5.73 Å². The normalized spacial score (nSPS) is 25.3. The van der Waals surface area contributed by atoms with Gasteiger partial charge in [-0.05, 0) is 43.7 Å². The van der Waals surface area contributed by atoms with Crippen LogP contribution in [0.15, 0.2) is 15.7 Å². The summed E-state index contributed by atoms with van der Waals surface area (Å²) in [6.45, 7) is -0.201. The second-order valence-corrected chi connectivity index (χ2v) is 10.3. The second-order valence-electron chi connectivity index (χ2n) is 9.16. The third-order valence-corrected chi connectivity index (χ3v) is 8.41. The first kappa shape index (κ1) is 23.4. The number of hydrogen-bond donors (Lipinski definition) is 3. The van der Waals surface area contributed by atoms with Crippen molar-refractivity contribution in [3.63, 3.8) is 0 Å². The molecule has 0 bridgehead atoms. The van der Waals surface area contributed by atoms with Crippen molar-refractivity contribution in [2.45, 2.75) is 68.6 Å². The van der Waals surface area contributed by atoms with E-state index < -0.39 is 46.6 Å². The fraction of sp³-hybridized carbons (Fsp3) is 0.565. The molecule has 0 amide bonds. The van der Waals surface area contributed by atoms with Gasteiger partial charge in [-0.1, -0.05) is 0 Å². The Balaban J connectivity index is 1.80. The van der Waals surface area contributed by atoms with E-state index in [0.29, 0.717) is 17.7 Å². The van der Waals surface area contributed by atoms with E-state index in [0.717, 1.165) is 29.7 Å². The maximum Gasteiger partial charge on any atom is 0.329 e. The van der Waals surface area contributed by atoms with Gasteiger partial charge in [0.25, 0.3) is 12.0 Å². The predicted molar refractivity (Wildman–Crippen MR) is 121 cm³/mol. The van der Waals surface area contributed by atoms with Crippen LogP contribution >= 0.6 is 11.3 Å². The fourth-order valence-electron chi connectivity index (χ4n) is 5.40. The number of aliphatic hydroxyl groups excluding tert-OH is 1. The molecule has 0 aliphatic heterocycles. The summed E-state index contributed by atoms with van der Waals surface area (Å²) >= 11 is 1.31. The molecule has 1 fully saturated rings. The zero-order valence-electron chi connectivity index (χ0n) is 18.5. The van der Waals surface area contributed by atoms with Gasteiger partial charge in [-0.3, -0.25) is 14.3 Å². The predicted octanol–water partition coefficient (Wildman–Crippen LogP) is 0.978. The molecule has 2 aromatic rings. The van der Waals surface area contributed by atoms with Crippen LogP contribution in [0.5, 0.6) is 0 Å². The van der Waals surface area contributed by atoms with Gasteiger partial charge in [0.05, 0.1) is 30.2 Å². The molecule has 34 heavy (non-hydrogen) atoms. The lowest BCUT2D eigenvalue weighted by Crippen LogP contribution is -2.59. The van der Waals surface area contributed by atoms with E-state index in [1.54, 1.807) is 6.07 Å². The number of aryl methyl sites for hydroxylation is 1. The number of ether oxygens (including phenoxy) is 1. The number of H-pyrrole nitrogens is 1. The molecule has 0 aromatic carbocycles. The average Bonchev–Trinajstić information content (AvgIpc) is 3.54. The first-order chi connectivity index (χ1) is 16.3. The highest BCUT2D eigenvalue weighted by Crippen LogP contribution is 2.46. The molecular formula is C23H26F3N3O4S. The van der Waals surface area contributed by atoms with Gasteiger partial charge in [-0.15, -0.1) is 11.3 Å². The summed E-state index contributed by atoms with van der Waals surface area (Å²) in [6.07, 6.45) is -1.78. The van der Waals surface area contributed by atoms with Gasteiger partial charge in [-0.2, -0.15) is 0 Å². The molecule has 7 nitrogen and oxygen atoms in total. The van der Waals surface area contributed by atoms with Gasteiger partial charge in [-0.25, -0.2) is 18.0 Å². The molecule has 4 atom stereocenters. The number of aromatic amines is 1. The molecule has 4 N–H and O–H groups in total. The highest BCUT2D eigenvalue weighted by molar-refractivity contribution is 7.12. The van der Waals surface area contributed by atoms with Gasteiger partial charge >= 0.3 is 5.69 Å². The van der Waals surface area contributed by atoms with E-state index in [9.17, 15) is 23.5 Å². The lowest BCUT2D eigenvalue weighted by atomic mass is 9.81. The number of alkyl halides is 3. The SMILES string of the molecule is COC1=c2c(c(=O)[nH]c(=O)n2C2CC2)=C(C(F)F)C(F)C1c1cc2c(s1)CCCC2C(N)CO. The molecule has 5 rings (SSSR count). The lowest BCUT2D eigenvalue weighted by molar-refractivity contribution is 0.186. The number of nitrogens with two attached hydrogens (primary N) is 1. The van der Waals surface area contributed by atoms with Crippen LogP contribution in [-0.2, 0) is 11.2 Å². The largest absolute Gasteiger partial charge is 0.498 e. The van der Waals surface area contributed by atoms with Crippen LogP contribution in [0.25, 0.3) is 11.3 Å². The molecule has 184 valence electrons. The third-order valence-electron chi connectivity index (χ3n) is 7.12. The minimum absolute atomic E-state index is 0.00334. The van der Waals surface area contributed by atoms with E-state index in [1.165, 1.54) is 23.0 Å². The molecule has 3 aliphatic rings. The molecular weight excluding hydrogens is 471 g/mol. The number of nitrogens with zero attached hydrogens (tertiary/aromatic N) is 1. The third kappa shape index (κ3) is 3.56. The van der Waals surface area contributed by atoms with Gasteiger partial charge in [0.1, 0.15) is 11.9 Å². The van der Waals surface area contributed by atoms with Crippen molar-refractivity contribution in [2.75, 3.05) is 13.7 Å². The Kier molecular flexibility index (Phi) is 5.97. The van der Waals surface area contributed by atoms with Crippen molar-refractivity contribution in [3.05, 3.63) is 52.8 Å². The van der Waals surface area contributed by atoms with Crippen LogP contribution in [0.4, 0.5) is 13.2 Å². The molecule has 2 aromatic heterocycles. The summed E-state index contributed by atoms with van der Waals surface area (Å²) in [5.41, 5.74) is 4.33. The summed E-state index contributed by atoms with van der Waals surface area (Å²) in [4.78, 5) is 28.9. The summed E-state index contributed by atoms with van der Waals surface area (Å²) < 4.78 is 51.3. The first-order valence-electron chi connectivity index (χ1n) is 11.4. The van der Waals surface area contributed by atoms with E-state index in [4.69, 9.17) is 10.5 Å². The zero-order chi connectivity index (χ0) is 24.3.